The number of hydrogen-bond donors (Lipinski definition) is 6. The highest BCUT2D eigenvalue weighted by Gasteiger charge is 2.47. The van der Waals surface area contributed by atoms with Gasteiger partial charge in [0, 0.05) is 6.42 Å². The lowest BCUT2D eigenvalue weighted by molar-refractivity contribution is -0.305. The molecule has 1 rings (SSSR count). The SMILES string of the molecule is CC/C=C\C/C=C\C/C=C\C/C=C\C/C=C\CCCCCCCCCCCCCC(=O)OC1C(OCC(NC(=O)C(O)CCCCCCCCCC/C=C\C/C=C\C/C=C\C/C=C\CCCCC)C(O)/C=C/CCCCCCCCCCCC)OC(CO)C(O)C1O. The predicted octanol–water partition coefficient (Wildman–Crippen LogP) is 20.1. The predicted molar refractivity (Wildman–Crippen MR) is 388 cm³/mol. The van der Waals surface area contributed by atoms with E-state index in [0.717, 1.165) is 122 Å². The van der Waals surface area contributed by atoms with Gasteiger partial charge in [0.2, 0.25) is 5.91 Å². The maximum atomic E-state index is 13.5. The van der Waals surface area contributed by atoms with Crippen LogP contribution in [-0.4, -0.2) is 99.6 Å². The summed E-state index contributed by atoms with van der Waals surface area (Å²) in [5.41, 5.74) is 0. The Bertz CT molecular complexity index is 1970. The van der Waals surface area contributed by atoms with Gasteiger partial charge >= 0.3 is 5.97 Å². The van der Waals surface area contributed by atoms with E-state index < -0.39 is 67.4 Å². The minimum atomic E-state index is -1.62. The second-order valence-electron chi connectivity index (χ2n) is 25.6. The minimum Gasteiger partial charge on any atom is -0.454 e. The van der Waals surface area contributed by atoms with Crippen molar-refractivity contribution < 1.29 is 49.3 Å². The van der Waals surface area contributed by atoms with Gasteiger partial charge in [0.1, 0.15) is 24.4 Å². The third-order valence-electron chi connectivity index (χ3n) is 17.1. The summed E-state index contributed by atoms with van der Waals surface area (Å²) >= 11 is 0. The van der Waals surface area contributed by atoms with Crippen molar-refractivity contribution in [2.45, 2.75) is 365 Å². The van der Waals surface area contributed by atoms with Crippen molar-refractivity contribution in [1.29, 1.82) is 0 Å². The molecule has 1 saturated heterocycles. The van der Waals surface area contributed by atoms with Gasteiger partial charge in [-0.25, -0.2) is 0 Å². The molecule has 0 bridgehead atoms. The molecule has 11 nitrogen and oxygen atoms in total. The summed E-state index contributed by atoms with van der Waals surface area (Å²) < 4.78 is 17.7. The summed E-state index contributed by atoms with van der Waals surface area (Å²) in [4.78, 5) is 26.7. The molecule has 0 spiro atoms. The van der Waals surface area contributed by atoms with Crippen LogP contribution in [0.2, 0.25) is 0 Å². The number of allylic oxidation sites excluding steroid dienone is 19. The summed E-state index contributed by atoms with van der Waals surface area (Å²) in [5.74, 6) is -1.20. The van der Waals surface area contributed by atoms with Crippen LogP contribution in [0.3, 0.4) is 0 Å². The molecule has 8 atom stereocenters. The van der Waals surface area contributed by atoms with E-state index in [1.807, 2.05) is 6.08 Å². The molecule has 6 N–H and O–H groups in total. The van der Waals surface area contributed by atoms with Crippen LogP contribution in [0, 0.1) is 0 Å². The van der Waals surface area contributed by atoms with Gasteiger partial charge < -0.3 is 45.1 Å². The Morgan fingerprint density at radius 2 is 0.783 bits per heavy atom. The number of aliphatic hydroxyl groups excluding tert-OH is 5. The highest BCUT2D eigenvalue weighted by molar-refractivity contribution is 5.80. The Labute approximate surface area is 563 Å². The number of rotatable bonds is 64. The second kappa shape index (κ2) is 67.1. The molecular weight excluding hydrogens is 1150 g/mol. The largest absolute Gasteiger partial charge is 0.454 e. The Balaban J connectivity index is 2.54. The third-order valence-corrected chi connectivity index (χ3v) is 17.1. The molecule has 528 valence electrons. The number of amides is 1. The first-order chi connectivity index (χ1) is 45.2. The molecule has 0 saturated carbocycles. The zero-order valence-corrected chi connectivity index (χ0v) is 58.9. The van der Waals surface area contributed by atoms with E-state index in [9.17, 15) is 35.1 Å². The fourth-order valence-corrected chi connectivity index (χ4v) is 11.2. The maximum absolute atomic E-state index is 13.5. The van der Waals surface area contributed by atoms with Gasteiger partial charge in [-0.3, -0.25) is 9.59 Å². The smallest absolute Gasteiger partial charge is 0.306 e. The van der Waals surface area contributed by atoms with Crippen molar-refractivity contribution in [1.82, 2.24) is 5.32 Å². The third kappa shape index (κ3) is 53.3. The quantitative estimate of drug-likeness (QED) is 0.0195. The second-order valence-corrected chi connectivity index (χ2v) is 25.6. The monoisotopic (exact) mass is 1290 g/mol. The first kappa shape index (κ1) is 86.1. The van der Waals surface area contributed by atoms with Gasteiger partial charge in [0.05, 0.1) is 25.4 Å². The van der Waals surface area contributed by atoms with E-state index in [1.165, 1.54) is 148 Å². The van der Waals surface area contributed by atoms with Gasteiger partial charge in [0.25, 0.3) is 0 Å². The highest BCUT2D eigenvalue weighted by atomic mass is 16.7. The highest BCUT2D eigenvalue weighted by Crippen LogP contribution is 2.26. The number of carbonyl (C=O) groups excluding carboxylic acids is 2. The first-order valence-corrected chi connectivity index (χ1v) is 37.8. The summed E-state index contributed by atoms with van der Waals surface area (Å²) in [5, 5.41) is 57.4. The summed E-state index contributed by atoms with van der Waals surface area (Å²) in [6, 6.07) is -1.04. The van der Waals surface area contributed by atoms with Crippen LogP contribution in [0.4, 0.5) is 0 Å². The molecule has 1 heterocycles. The van der Waals surface area contributed by atoms with Crippen LogP contribution < -0.4 is 5.32 Å². The van der Waals surface area contributed by atoms with Crippen LogP contribution in [0.1, 0.15) is 316 Å². The van der Waals surface area contributed by atoms with Crippen molar-refractivity contribution in [3.8, 4) is 0 Å². The van der Waals surface area contributed by atoms with E-state index >= 15 is 0 Å². The summed E-state index contributed by atoms with van der Waals surface area (Å²) in [6.07, 6.45) is 83.7. The van der Waals surface area contributed by atoms with Gasteiger partial charge in [-0.2, -0.15) is 0 Å². The Morgan fingerprint density at radius 1 is 0.435 bits per heavy atom. The Morgan fingerprint density at radius 3 is 1.20 bits per heavy atom. The van der Waals surface area contributed by atoms with Crippen molar-refractivity contribution >= 4 is 11.9 Å². The van der Waals surface area contributed by atoms with Crippen LogP contribution in [0.5, 0.6) is 0 Å². The van der Waals surface area contributed by atoms with E-state index in [4.69, 9.17) is 14.2 Å². The molecule has 8 unspecified atom stereocenters. The van der Waals surface area contributed by atoms with Crippen LogP contribution in [0.25, 0.3) is 0 Å². The number of unbranched alkanes of at least 4 members (excludes halogenated alkanes) is 32. The molecule has 0 radical (unpaired) electrons. The lowest BCUT2D eigenvalue weighted by Crippen LogP contribution is -2.61. The van der Waals surface area contributed by atoms with Crippen LogP contribution >= 0.6 is 0 Å². The van der Waals surface area contributed by atoms with Crippen molar-refractivity contribution in [2.75, 3.05) is 13.2 Å². The van der Waals surface area contributed by atoms with Gasteiger partial charge in [-0.1, -0.05) is 316 Å². The van der Waals surface area contributed by atoms with E-state index in [0.29, 0.717) is 12.8 Å². The fraction of sp³-hybridized carbons (Fsp3) is 0.728. The van der Waals surface area contributed by atoms with Crippen molar-refractivity contribution in [2.24, 2.45) is 0 Å². The summed E-state index contributed by atoms with van der Waals surface area (Å²) in [6.45, 7) is 5.67. The molecule has 0 aromatic carbocycles. The molecule has 1 aliphatic rings. The molecule has 1 amide bonds. The Kier molecular flexibility index (Phi) is 62.7. The number of esters is 1. The van der Waals surface area contributed by atoms with E-state index in [2.05, 4.69) is 135 Å². The number of aliphatic hydroxyl groups is 5. The molecule has 1 fully saturated rings. The van der Waals surface area contributed by atoms with E-state index in [-0.39, 0.29) is 19.4 Å². The molecule has 0 aliphatic carbocycles. The first-order valence-electron chi connectivity index (χ1n) is 37.8. The van der Waals surface area contributed by atoms with Crippen molar-refractivity contribution in [3.63, 3.8) is 0 Å². The maximum Gasteiger partial charge on any atom is 0.306 e. The number of carbonyl (C=O) groups is 2. The lowest BCUT2D eigenvalue weighted by Gasteiger charge is -2.41. The number of hydrogen-bond acceptors (Lipinski definition) is 10. The van der Waals surface area contributed by atoms with Gasteiger partial charge in [-0.05, 0) is 116 Å². The number of ether oxygens (including phenoxy) is 3. The molecule has 0 aromatic rings. The zero-order valence-electron chi connectivity index (χ0n) is 58.9. The average molecular weight is 1290 g/mol. The standard InChI is InChI=1S/C81H139NO10/c1-4-7-10-13-16-19-22-25-27-29-31-33-35-37-38-39-41-43-45-47-49-51-54-57-60-63-66-69-76(86)92-79-78(88)77(87)75(70-83)91-81(79)90-71-72(73(84)67-64-61-58-55-52-24-21-18-15-12-9-6-3)82-80(89)74(85)68-65-62-59-56-53-50-48-46-44-42-40-36-34-32-30-28-26-23-20-17-14-11-8-5-2/h7,10,16-17,19-20,25-28,31-34,37-38,40,42,64,67,72-75,77-79,81,83-85,87-88H,4-6,8-9,11-15,18,21-24,29-30,35-36,39,41,43-63,65-66,68-71H2,1-3H3,(H,82,89)/b10-7-,19-16-,20-17-,27-25-,28-26-,33-31-,34-32-,38-37-,42-40-,67-64+. The molecule has 11 heteroatoms. The zero-order chi connectivity index (χ0) is 66.7. The average Bonchev–Trinajstić information content (AvgIpc) is 0.875. The molecule has 0 aromatic heterocycles. The van der Waals surface area contributed by atoms with Gasteiger partial charge in [-0.15, -0.1) is 0 Å². The molecular formula is C81H139NO10. The van der Waals surface area contributed by atoms with Crippen LogP contribution in [0.15, 0.2) is 122 Å². The topological polar surface area (TPSA) is 175 Å². The molecule has 92 heavy (non-hydrogen) atoms. The lowest BCUT2D eigenvalue weighted by atomic mass is 9.99. The Hall–Kier alpha value is -3.94. The fourth-order valence-electron chi connectivity index (χ4n) is 11.2. The van der Waals surface area contributed by atoms with Gasteiger partial charge in [0.15, 0.2) is 12.4 Å². The number of nitrogens with one attached hydrogen (secondary N) is 1. The van der Waals surface area contributed by atoms with Crippen LogP contribution in [-0.2, 0) is 23.8 Å². The van der Waals surface area contributed by atoms with Crippen molar-refractivity contribution in [3.05, 3.63) is 122 Å². The summed E-state index contributed by atoms with van der Waals surface area (Å²) in [7, 11) is 0. The molecule has 1 aliphatic heterocycles. The van der Waals surface area contributed by atoms with E-state index in [1.54, 1.807) is 6.08 Å². The minimum absolute atomic E-state index is 0.113. The normalized spacial score (nSPS) is 18.6.